The summed E-state index contributed by atoms with van der Waals surface area (Å²) in [6.07, 6.45) is -4.42. The largest absolute Gasteiger partial charge is 0.493 e. The van der Waals surface area contributed by atoms with Crippen LogP contribution in [0, 0.1) is 0 Å². The average molecular weight is 380 g/mol. The highest BCUT2D eigenvalue weighted by atomic mass is 19.4. The van der Waals surface area contributed by atoms with E-state index < -0.39 is 17.8 Å². The van der Waals surface area contributed by atoms with Gasteiger partial charge >= 0.3 is 6.18 Å². The van der Waals surface area contributed by atoms with E-state index in [1.54, 1.807) is 30.3 Å². The van der Waals surface area contributed by atoms with Crippen molar-refractivity contribution in [2.45, 2.75) is 12.2 Å². The molecule has 2 aromatic carbocycles. The van der Waals surface area contributed by atoms with Gasteiger partial charge in [0, 0.05) is 26.2 Å². The summed E-state index contributed by atoms with van der Waals surface area (Å²) in [5.74, 6) is 1.05. The molecule has 1 fully saturated rings. The van der Waals surface area contributed by atoms with Crippen LogP contribution in [0.25, 0.3) is 0 Å². The minimum atomic E-state index is -4.42. The zero-order valence-corrected chi connectivity index (χ0v) is 15.3. The van der Waals surface area contributed by atoms with Gasteiger partial charge in [-0.2, -0.15) is 13.2 Å². The van der Waals surface area contributed by atoms with E-state index in [2.05, 4.69) is 10.2 Å². The van der Waals surface area contributed by atoms with Crippen molar-refractivity contribution >= 4 is 0 Å². The summed E-state index contributed by atoms with van der Waals surface area (Å²) in [6, 6.07) is 10.6. The van der Waals surface area contributed by atoms with Crippen LogP contribution in [-0.4, -0.2) is 45.3 Å². The molecule has 0 aliphatic carbocycles. The van der Waals surface area contributed by atoms with Crippen LogP contribution in [0.4, 0.5) is 13.2 Å². The van der Waals surface area contributed by atoms with Crippen molar-refractivity contribution in [2.75, 3.05) is 40.4 Å². The van der Waals surface area contributed by atoms with Gasteiger partial charge in [0.2, 0.25) is 0 Å². The highest BCUT2D eigenvalue weighted by Crippen LogP contribution is 2.41. The van der Waals surface area contributed by atoms with Crippen molar-refractivity contribution in [2.24, 2.45) is 0 Å². The minimum Gasteiger partial charge on any atom is -0.493 e. The standard InChI is InChI=1S/C20H23F3N2O2/c1-26-17-8-7-14(13-18(17)27-2)19(25-11-9-24-10-12-25)15-5-3-4-6-16(15)20(21,22)23/h3-8,13,19,24H,9-12H2,1-2H3. The summed E-state index contributed by atoms with van der Waals surface area (Å²) >= 11 is 0. The number of nitrogens with zero attached hydrogens (tertiary/aromatic N) is 1. The van der Waals surface area contributed by atoms with E-state index in [1.807, 2.05) is 0 Å². The third kappa shape index (κ3) is 4.20. The fourth-order valence-electron chi connectivity index (χ4n) is 3.54. The topological polar surface area (TPSA) is 33.7 Å². The van der Waals surface area contributed by atoms with Crippen LogP contribution in [0.15, 0.2) is 42.5 Å². The van der Waals surface area contributed by atoms with Crippen LogP contribution in [0.5, 0.6) is 11.5 Å². The van der Waals surface area contributed by atoms with E-state index in [1.165, 1.54) is 20.3 Å². The number of nitrogens with one attached hydrogen (secondary N) is 1. The van der Waals surface area contributed by atoms with Gasteiger partial charge < -0.3 is 14.8 Å². The SMILES string of the molecule is COc1ccc(C(c2ccccc2C(F)(F)F)N2CCNCC2)cc1OC. The Bertz CT molecular complexity index is 774. The molecular formula is C20H23F3N2O2. The molecule has 3 rings (SSSR count). The third-order valence-electron chi connectivity index (χ3n) is 4.80. The monoisotopic (exact) mass is 380 g/mol. The highest BCUT2D eigenvalue weighted by molar-refractivity contribution is 5.47. The Morgan fingerprint density at radius 1 is 0.963 bits per heavy atom. The maximum atomic E-state index is 13.7. The summed E-state index contributed by atoms with van der Waals surface area (Å²) in [4.78, 5) is 2.07. The Balaban J connectivity index is 2.14. The van der Waals surface area contributed by atoms with E-state index in [-0.39, 0.29) is 5.56 Å². The number of hydrogen-bond acceptors (Lipinski definition) is 4. The summed E-state index contributed by atoms with van der Waals surface area (Å²) in [5, 5.41) is 3.25. The molecule has 1 saturated heterocycles. The van der Waals surface area contributed by atoms with Crippen LogP contribution < -0.4 is 14.8 Å². The predicted octanol–water partition coefficient (Wildman–Crippen LogP) is 3.72. The number of hydrogen-bond donors (Lipinski definition) is 1. The lowest BCUT2D eigenvalue weighted by atomic mass is 9.92. The molecule has 0 aromatic heterocycles. The summed E-state index contributed by atoms with van der Waals surface area (Å²) in [5.41, 5.74) is 0.383. The van der Waals surface area contributed by atoms with Gasteiger partial charge in [0.1, 0.15) is 0 Å². The van der Waals surface area contributed by atoms with E-state index in [0.29, 0.717) is 24.6 Å². The maximum absolute atomic E-state index is 13.7. The zero-order chi connectivity index (χ0) is 19.4. The van der Waals surface area contributed by atoms with Gasteiger partial charge in [-0.3, -0.25) is 4.90 Å². The van der Waals surface area contributed by atoms with Gasteiger partial charge in [-0.15, -0.1) is 0 Å². The number of rotatable bonds is 5. The molecule has 0 amide bonds. The van der Waals surface area contributed by atoms with Crippen LogP contribution in [-0.2, 0) is 6.18 Å². The molecule has 4 nitrogen and oxygen atoms in total. The number of halogens is 3. The molecule has 0 bridgehead atoms. The van der Waals surface area contributed by atoms with E-state index >= 15 is 0 Å². The molecule has 27 heavy (non-hydrogen) atoms. The molecule has 1 N–H and O–H groups in total. The fourth-order valence-corrected chi connectivity index (χ4v) is 3.54. The minimum absolute atomic E-state index is 0.249. The molecule has 2 aromatic rings. The Kier molecular flexibility index (Phi) is 5.92. The van der Waals surface area contributed by atoms with Gasteiger partial charge in [0.15, 0.2) is 11.5 Å². The average Bonchev–Trinajstić information content (AvgIpc) is 2.68. The normalized spacial score (nSPS) is 16.8. The first-order valence-electron chi connectivity index (χ1n) is 8.78. The first-order valence-corrected chi connectivity index (χ1v) is 8.78. The Morgan fingerprint density at radius 3 is 2.26 bits per heavy atom. The van der Waals surface area contributed by atoms with Crippen molar-refractivity contribution in [3.05, 3.63) is 59.2 Å². The highest BCUT2D eigenvalue weighted by Gasteiger charge is 2.37. The van der Waals surface area contributed by atoms with Crippen molar-refractivity contribution in [3.8, 4) is 11.5 Å². The molecule has 1 unspecified atom stereocenters. The van der Waals surface area contributed by atoms with Crippen molar-refractivity contribution in [3.63, 3.8) is 0 Å². The molecule has 1 heterocycles. The van der Waals surface area contributed by atoms with Crippen molar-refractivity contribution in [1.82, 2.24) is 10.2 Å². The molecule has 0 saturated carbocycles. The van der Waals surface area contributed by atoms with E-state index in [9.17, 15) is 13.2 Å². The first kappa shape index (κ1) is 19.5. The molecule has 0 spiro atoms. The predicted molar refractivity (Wildman–Crippen MR) is 97.3 cm³/mol. The van der Waals surface area contributed by atoms with Gasteiger partial charge in [-0.25, -0.2) is 0 Å². The smallest absolute Gasteiger partial charge is 0.416 e. The van der Waals surface area contributed by atoms with Gasteiger partial charge in [0.05, 0.1) is 25.8 Å². The second-order valence-electron chi connectivity index (χ2n) is 6.39. The molecule has 7 heteroatoms. The molecule has 1 atom stereocenters. The molecule has 1 aliphatic heterocycles. The molecule has 146 valence electrons. The third-order valence-corrected chi connectivity index (χ3v) is 4.80. The number of benzene rings is 2. The fraction of sp³-hybridized carbons (Fsp3) is 0.400. The molecule has 0 radical (unpaired) electrons. The maximum Gasteiger partial charge on any atom is 0.416 e. The van der Waals surface area contributed by atoms with Crippen LogP contribution in [0.3, 0.4) is 0 Å². The second-order valence-corrected chi connectivity index (χ2v) is 6.39. The Labute approximate surface area is 156 Å². The lowest BCUT2D eigenvalue weighted by Gasteiger charge is -2.36. The van der Waals surface area contributed by atoms with Crippen molar-refractivity contribution < 1.29 is 22.6 Å². The number of ether oxygens (including phenoxy) is 2. The quantitative estimate of drug-likeness (QED) is 0.857. The van der Waals surface area contributed by atoms with Gasteiger partial charge in [-0.1, -0.05) is 24.3 Å². The number of alkyl halides is 3. The lowest BCUT2D eigenvalue weighted by Crippen LogP contribution is -2.45. The van der Waals surface area contributed by atoms with Crippen LogP contribution in [0.2, 0.25) is 0 Å². The van der Waals surface area contributed by atoms with Crippen LogP contribution in [0.1, 0.15) is 22.7 Å². The number of piperazine rings is 1. The van der Waals surface area contributed by atoms with E-state index in [0.717, 1.165) is 24.7 Å². The van der Waals surface area contributed by atoms with Crippen LogP contribution >= 0.6 is 0 Å². The van der Waals surface area contributed by atoms with Gasteiger partial charge in [0.25, 0.3) is 0 Å². The van der Waals surface area contributed by atoms with E-state index in [4.69, 9.17) is 9.47 Å². The van der Waals surface area contributed by atoms with Gasteiger partial charge in [-0.05, 0) is 29.3 Å². The Morgan fingerprint density at radius 2 is 1.63 bits per heavy atom. The second kappa shape index (κ2) is 8.19. The Hall–Kier alpha value is -2.25. The first-order chi connectivity index (χ1) is 13.0. The molecular weight excluding hydrogens is 357 g/mol. The summed E-state index contributed by atoms with van der Waals surface area (Å²) in [6.45, 7) is 2.78. The van der Waals surface area contributed by atoms with Crippen molar-refractivity contribution in [1.29, 1.82) is 0 Å². The summed E-state index contributed by atoms with van der Waals surface area (Å²) < 4.78 is 51.7. The number of methoxy groups -OCH3 is 2. The lowest BCUT2D eigenvalue weighted by molar-refractivity contribution is -0.138. The molecule has 1 aliphatic rings. The zero-order valence-electron chi connectivity index (χ0n) is 15.3. The summed E-state index contributed by atoms with van der Waals surface area (Å²) in [7, 11) is 3.05.